The molecule has 0 N–H and O–H groups in total. The number of hydrogen-bond acceptors (Lipinski definition) is 5. The number of ether oxygens (including phenoxy) is 2. The Hall–Kier alpha value is -4.21. The van der Waals surface area contributed by atoms with Crippen LogP contribution in [0.2, 0.25) is 0 Å². The molecule has 10 heteroatoms. The van der Waals surface area contributed by atoms with Gasteiger partial charge in [0.2, 0.25) is 5.88 Å². The summed E-state index contributed by atoms with van der Waals surface area (Å²) >= 11 is 0. The third-order valence-electron chi connectivity index (χ3n) is 6.15. The molecule has 0 amide bonds. The molecule has 0 radical (unpaired) electrons. The molecule has 0 atom stereocenters. The summed E-state index contributed by atoms with van der Waals surface area (Å²) in [6, 6.07) is 15.0. The molecule has 1 aliphatic rings. The molecule has 0 saturated carbocycles. The van der Waals surface area contributed by atoms with Crippen molar-refractivity contribution in [3.05, 3.63) is 99.5 Å². The van der Waals surface area contributed by atoms with Gasteiger partial charge in [-0.05, 0) is 72.9 Å². The van der Waals surface area contributed by atoms with Crippen LogP contribution in [0.3, 0.4) is 0 Å². The molecule has 6 nitrogen and oxygen atoms in total. The maximum absolute atomic E-state index is 14.7. The van der Waals surface area contributed by atoms with Crippen LogP contribution in [0.4, 0.5) is 17.6 Å². The summed E-state index contributed by atoms with van der Waals surface area (Å²) in [5.41, 5.74) is 2.55. The Kier molecular flexibility index (Phi) is 6.41. The Bertz CT molecular complexity index is 1530. The molecule has 0 bridgehead atoms. The number of methoxy groups -OCH3 is 1. The predicted octanol–water partition coefficient (Wildman–Crippen LogP) is 5.61. The van der Waals surface area contributed by atoms with Gasteiger partial charge in [0.05, 0.1) is 12.8 Å². The fraction of sp³-hybridized carbons (Fsp3) is 0.222. The zero-order chi connectivity index (χ0) is 26.2. The van der Waals surface area contributed by atoms with Crippen LogP contribution in [-0.2, 0) is 32.0 Å². The molecule has 0 saturated heterocycles. The number of aromatic nitrogens is 3. The third-order valence-corrected chi connectivity index (χ3v) is 6.15. The lowest BCUT2D eigenvalue weighted by atomic mass is 9.96. The average molecular weight is 511 g/mol. The highest BCUT2D eigenvalue weighted by Crippen LogP contribution is 2.32. The van der Waals surface area contributed by atoms with Crippen LogP contribution in [0, 0.1) is 5.82 Å². The van der Waals surface area contributed by atoms with Crippen LogP contribution in [0.1, 0.15) is 22.5 Å². The van der Waals surface area contributed by atoms with Crippen molar-refractivity contribution in [3.8, 4) is 28.6 Å². The molecule has 0 unspecified atom stereocenters. The molecule has 0 aliphatic carbocycles. The van der Waals surface area contributed by atoms with Gasteiger partial charge in [0, 0.05) is 23.9 Å². The Labute approximate surface area is 209 Å². The zero-order valence-electron chi connectivity index (χ0n) is 19.7. The van der Waals surface area contributed by atoms with E-state index in [4.69, 9.17) is 9.47 Å². The maximum atomic E-state index is 14.7. The highest BCUT2D eigenvalue weighted by molar-refractivity contribution is 5.67. The fourth-order valence-corrected chi connectivity index (χ4v) is 4.30. The zero-order valence-corrected chi connectivity index (χ0v) is 19.7. The second kappa shape index (κ2) is 9.68. The van der Waals surface area contributed by atoms with E-state index in [1.807, 2.05) is 24.3 Å². The van der Waals surface area contributed by atoms with Gasteiger partial charge in [0.25, 0.3) is 0 Å². The lowest BCUT2D eigenvalue weighted by molar-refractivity contribution is -0.141. The van der Waals surface area contributed by atoms with Crippen molar-refractivity contribution < 1.29 is 27.0 Å². The van der Waals surface area contributed by atoms with Crippen LogP contribution >= 0.6 is 0 Å². The first kappa shape index (κ1) is 24.5. The predicted molar refractivity (Wildman–Crippen MR) is 127 cm³/mol. The summed E-state index contributed by atoms with van der Waals surface area (Å²) in [7, 11) is 1.61. The minimum Gasteiger partial charge on any atom is -0.497 e. The molecule has 5 rings (SSSR count). The van der Waals surface area contributed by atoms with Crippen LogP contribution in [0.25, 0.3) is 11.3 Å². The highest BCUT2D eigenvalue weighted by atomic mass is 19.4. The van der Waals surface area contributed by atoms with Gasteiger partial charge >= 0.3 is 11.9 Å². The van der Waals surface area contributed by atoms with Gasteiger partial charge in [0.15, 0.2) is 11.6 Å². The van der Waals surface area contributed by atoms with Crippen LogP contribution in [-0.4, -0.2) is 21.6 Å². The molecule has 2 aromatic heterocycles. The van der Waals surface area contributed by atoms with Crippen LogP contribution in [0.15, 0.2) is 65.5 Å². The number of hydrogen-bond donors (Lipinski definition) is 0. The Balaban J connectivity index is 1.32. The van der Waals surface area contributed by atoms with E-state index in [0.717, 1.165) is 34.7 Å². The molecular weight excluding hydrogens is 490 g/mol. The standard InChI is InChI=1S/C27H21F4N3O3/c1-36-19-8-9-20-17(14-19)11-12-34-22(20)15-18(32-26(34)35)7-5-16-6-10-23(21(28)13-16)37-25-4-2-3-24(33-25)27(29,30)31/h2-4,6,8-10,13-15H,5,7,11-12H2,1H3. The monoisotopic (exact) mass is 511 g/mol. The number of fused-ring (bicyclic) bond motifs is 3. The van der Waals surface area contributed by atoms with E-state index in [2.05, 4.69) is 9.97 Å². The second-order valence-corrected chi connectivity index (χ2v) is 8.57. The van der Waals surface area contributed by atoms with Crippen molar-refractivity contribution in [2.75, 3.05) is 7.11 Å². The van der Waals surface area contributed by atoms with E-state index >= 15 is 0 Å². The molecule has 3 heterocycles. The van der Waals surface area contributed by atoms with Crippen molar-refractivity contribution in [2.45, 2.75) is 32.0 Å². The summed E-state index contributed by atoms with van der Waals surface area (Å²) in [6.45, 7) is 0.523. The number of rotatable bonds is 6. The first-order valence-electron chi connectivity index (χ1n) is 11.5. The molecule has 0 spiro atoms. The largest absolute Gasteiger partial charge is 0.497 e. The summed E-state index contributed by atoms with van der Waals surface area (Å²) in [5, 5.41) is 0. The number of halogens is 4. The van der Waals surface area contributed by atoms with E-state index in [9.17, 15) is 22.4 Å². The van der Waals surface area contributed by atoms with Gasteiger partial charge in [-0.3, -0.25) is 4.57 Å². The highest BCUT2D eigenvalue weighted by Gasteiger charge is 2.32. The Morgan fingerprint density at radius 1 is 1.00 bits per heavy atom. The van der Waals surface area contributed by atoms with E-state index in [1.54, 1.807) is 17.7 Å². The van der Waals surface area contributed by atoms with Crippen molar-refractivity contribution >= 4 is 0 Å². The summed E-state index contributed by atoms with van der Waals surface area (Å²) in [6.07, 6.45) is -3.15. The van der Waals surface area contributed by atoms with E-state index in [-0.39, 0.29) is 17.3 Å². The number of nitrogens with zero attached hydrogens (tertiary/aromatic N) is 3. The van der Waals surface area contributed by atoms with Gasteiger partial charge in [0.1, 0.15) is 11.4 Å². The van der Waals surface area contributed by atoms with Gasteiger partial charge in [-0.2, -0.15) is 18.2 Å². The Morgan fingerprint density at radius 2 is 1.84 bits per heavy atom. The number of pyridine rings is 1. The lowest BCUT2D eigenvalue weighted by Gasteiger charge is -2.22. The number of benzene rings is 2. The van der Waals surface area contributed by atoms with Gasteiger partial charge in [-0.1, -0.05) is 12.1 Å². The quantitative estimate of drug-likeness (QED) is 0.315. The first-order chi connectivity index (χ1) is 17.7. The molecule has 1 aliphatic heterocycles. The summed E-state index contributed by atoms with van der Waals surface area (Å²) in [5.74, 6) is -0.592. The van der Waals surface area contributed by atoms with Crippen molar-refractivity contribution in [2.24, 2.45) is 0 Å². The SMILES string of the molecule is COc1ccc2c(c1)CCn1c-2cc(CCc2ccc(Oc3cccc(C(F)(F)F)n3)c(F)c2)nc1=O. The number of aryl methyl sites for hydroxylation is 3. The van der Waals surface area contributed by atoms with E-state index in [0.29, 0.717) is 37.1 Å². The molecule has 4 aromatic rings. The summed E-state index contributed by atoms with van der Waals surface area (Å²) in [4.78, 5) is 20.2. The van der Waals surface area contributed by atoms with Gasteiger partial charge in [-0.15, -0.1) is 0 Å². The molecule has 2 aromatic carbocycles. The first-order valence-corrected chi connectivity index (χ1v) is 11.5. The minimum atomic E-state index is -4.64. The van der Waals surface area contributed by atoms with Crippen molar-refractivity contribution in [1.82, 2.24) is 14.5 Å². The van der Waals surface area contributed by atoms with Crippen LogP contribution in [0.5, 0.6) is 17.4 Å². The van der Waals surface area contributed by atoms with Crippen LogP contribution < -0.4 is 15.2 Å². The normalized spacial score (nSPS) is 12.6. The molecule has 0 fully saturated rings. The average Bonchev–Trinajstić information content (AvgIpc) is 2.88. The van der Waals surface area contributed by atoms with Gasteiger partial charge in [-0.25, -0.2) is 14.2 Å². The number of alkyl halides is 3. The Morgan fingerprint density at radius 3 is 2.59 bits per heavy atom. The van der Waals surface area contributed by atoms with Gasteiger partial charge < -0.3 is 9.47 Å². The third kappa shape index (κ3) is 5.18. The second-order valence-electron chi connectivity index (χ2n) is 8.57. The molecular formula is C27H21F4N3O3. The topological polar surface area (TPSA) is 66.2 Å². The molecule has 190 valence electrons. The maximum Gasteiger partial charge on any atom is 0.433 e. The van der Waals surface area contributed by atoms with Crippen molar-refractivity contribution in [1.29, 1.82) is 0 Å². The van der Waals surface area contributed by atoms with E-state index < -0.39 is 17.7 Å². The minimum absolute atomic E-state index is 0.243. The smallest absolute Gasteiger partial charge is 0.433 e. The lowest BCUT2D eigenvalue weighted by Crippen LogP contribution is -2.29. The fourth-order valence-electron chi connectivity index (χ4n) is 4.30. The summed E-state index contributed by atoms with van der Waals surface area (Å²) < 4.78 is 65.4. The van der Waals surface area contributed by atoms with E-state index in [1.165, 1.54) is 18.2 Å². The van der Waals surface area contributed by atoms with Crippen molar-refractivity contribution in [3.63, 3.8) is 0 Å². The molecule has 37 heavy (non-hydrogen) atoms.